The summed E-state index contributed by atoms with van der Waals surface area (Å²) in [6.45, 7) is 2.41. The van der Waals surface area contributed by atoms with Gasteiger partial charge in [-0.3, -0.25) is 9.10 Å². The second-order valence-electron chi connectivity index (χ2n) is 8.05. The van der Waals surface area contributed by atoms with Gasteiger partial charge in [-0.2, -0.15) is 4.31 Å². The van der Waals surface area contributed by atoms with Crippen molar-refractivity contribution >= 4 is 37.3 Å². The summed E-state index contributed by atoms with van der Waals surface area (Å²) in [5.41, 5.74) is 0.438. The highest BCUT2D eigenvalue weighted by molar-refractivity contribution is 7.92. The van der Waals surface area contributed by atoms with Crippen LogP contribution in [0.5, 0.6) is 11.5 Å². The van der Waals surface area contributed by atoms with Crippen LogP contribution in [-0.2, 0) is 24.8 Å². The molecule has 0 atom stereocenters. The summed E-state index contributed by atoms with van der Waals surface area (Å²) in [5, 5.41) is 2.61. The normalized spacial score (nSPS) is 14.8. The van der Waals surface area contributed by atoms with E-state index in [1.54, 1.807) is 31.2 Å². The molecule has 1 heterocycles. The maximum Gasteiger partial charge on any atom is 0.246 e. The number of nitrogens with zero attached hydrogens (tertiary/aromatic N) is 2. The van der Waals surface area contributed by atoms with Gasteiger partial charge in [0.1, 0.15) is 22.9 Å². The molecule has 192 valence electrons. The molecular formula is C23H31N3O7S2. The van der Waals surface area contributed by atoms with Crippen LogP contribution < -0.4 is 19.1 Å². The fraction of sp³-hybridized carbons (Fsp3) is 0.435. The summed E-state index contributed by atoms with van der Waals surface area (Å²) in [6.07, 6.45) is 3.53. The third kappa shape index (κ3) is 6.44. The van der Waals surface area contributed by atoms with E-state index in [0.717, 1.165) is 29.8 Å². The first-order valence-electron chi connectivity index (χ1n) is 11.3. The van der Waals surface area contributed by atoms with Crippen LogP contribution in [0, 0.1) is 0 Å². The minimum atomic E-state index is -3.83. The average Bonchev–Trinajstić information content (AvgIpc) is 2.83. The van der Waals surface area contributed by atoms with Gasteiger partial charge < -0.3 is 14.8 Å². The van der Waals surface area contributed by atoms with Gasteiger partial charge in [0.25, 0.3) is 0 Å². The Morgan fingerprint density at radius 2 is 1.71 bits per heavy atom. The van der Waals surface area contributed by atoms with Crippen LogP contribution in [0.2, 0.25) is 0 Å². The van der Waals surface area contributed by atoms with E-state index >= 15 is 0 Å². The number of hydrogen-bond acceptors (Lipinski definition) is 7. The molecule has 0 saturated carbocycles. The lowest BCUT2D eigenvalue weighted by molar-refractivity contribution is -0.114. The molecule has 10 nitrogen and oxygen atoms in total. The molecule has 0 bridgehead atoms. The maximum atomic E-state index is 13.2. The summed E-state index contributed by atoms with van der Waals surface area (Å²) < 4.78 is 64.6. The number of carbonyl (C=O) groups excluding carboxylic acids is 1. The van der Waals surface area contributed by atoms with Crippen LogP contribution in [-0.4, -0.2) is 66.7 Å². The molecule has 1 fully saturated rings. The lowest BCUT2D eigenvalue weighted by atomic mass is 10.2. The summed E-state index contributed by atoms with van der Waals surface area (Å²) in [4.78, 5) is 12.8. The molecule has 1 aliphatic rings. The van der Waals surface area contributed by atoms with Gasteiger partial charge >= 0.3 is 0 Å². The molecule has 0 aromatic heterocycles. The van der Waals surface area contributed by atoms with Gasteiger partial charge in [0.05, 0.1) is 25.7 Å². The molecule has 3 rings (SSSR count). The summed E-state index contributed by atoms with van der Waals surface area (Å²) >= 11 is 0. The quantitative estimate of drug-likeness (QED) is 0.506. The highest BCUT2D eigenvalue weighted by Gasteiger charge is 2.30. The number of nitrogens with one attached hydrogen (secondary N) is 1. The Morgan fingerprint density at radius 3 is 2.34 bits per heavy atom. The van der Waals surface area contributed by atoms with E-state index in [0.29, 0.717) is 25.4 Å². The summed E-state index contributed by atoms with van der Waals surface area (Å²) in [5.74, 6) is -0.155. The van der Waals surface area contributed by atoms with E-state index in [9.17, 15) is 21.6 Å². The first-order valence-corrected chi connectivity index (χ1v) is 14.5. The molecule has 12 heteroatoms. The number of benzene rings is 2. The van der Waals surface area contributed by atoms with Gasteiger partial charge in [0, 0.05) is 18.8 Å². The van der Waals surface area contributed by atoms with Crippen LogP contribution >= 0.6 is 0 Å². The molecule has 1 N–H and O–H groups in total. The van der Waals surface area contributed by atoms with E-state index in [4.69, 9.17) is 9.47 Å². The van der Waals surface area contributed by atoms with Gasteiger partial charge in [0.2, 0.25) is 26.0 Å². The van der Waals surface area contributed by atoms with Gasteiger partial charge in [-0.05, 0) is 50.1 Å². The molecule has 1 aliphatic heterocycles. The zero-order valence-electron chi connectivity index (χ0n) is 20.1. The van der Waals surface area contributed by atoms with Crippen LogP contribution in [0.3, 0.4) is 0 Å². The molecule has 2 aromatic rings. The number of amides is 1. The minimum absolute atomic E-state index is 0.0543. The lowest BCUT2D eigenvalue weighted by Crippen LogP contribution is -2.38. The van der Waals surface area contributed by atoms with Crippen molar-refractivity contribution in [3.05, 3.63) is 42.5 Å². The Bertz CT molecular complexity index is 1260. The number of rotatable bonds is 10. The average molecular weight is 526 g/mol. The Morgan fingerprint density at radius 1 is 1.03 bits per heavy atom. The Labute approximate surface area is 206 Å². The fourth-order valence-electron chi connectivity index (χ4n) is 3.85. The molecule has 0 spiro atoms. The molecular weight excluding hydrogens is 494 g/mol. The molecule has 0 unspecified atom stereocenters. The molecule has 0 radical (unpaired) electrons. The zero-order valence-corrected chi connectivity index (χ0v) is 21.7. The number of anilines is 2. The number of ether oxygens (including phenoxy) is 2. The number of sulfonamides is 2. The molecule has 1 amide bonds. The predicted molar refractivity (Wildman–Crippen MR) is 134 cm³/mol. The SMILES string of the molecule is CCOc1ccccc1N(CC(=O)Nc1ccc(OC)c(S(=O)(=O)N2CCCCC2)c1)S(C)(=O)=O. The summed E-state index contributed by atoms with van der Waals surface area (Å²) in [6, 6.07) is 10.8. The van der Waals surface area contributed by atoms with Crippen molar-refractivity contribution < 1.29 is 31.1 Å². The van der Waals surface area contributed by atoms with Gasteiger partial charge in [0.15, 0.2) is 0 Å². The van der Waals surface area contributed by atoms with Crippen LogP contribution in [0.4, 0.5) is 11.4 Å². The van der Waals surface area contributed by atoms with Crippen LogP contribution in [0.15, 0.2) is 47.4 Å². The van der Waals surface area contributed by atoms with Gasteiger partial charge in [-0.25, -0.2) is 16.8 Å². The maximum absolute atomic E-state index is 13.2. The third-order valence-corrected chi connectivity index (χ3v) is 8.55. The highest BCUT2D eigenvalue weighted by atomic mass is 32.2. The zero-order chi connectivity index (χ0) is 25.6. The van der Waals surface area contributed by atoms with E-state index in [1.165, 1.54) is 29.6 Å². The predicted octanol–water partition coefficient (Wildman–Crippen LogP) is 2.67. The molecule has 0 aliphatic carbocycles. The van der Waals surface area contributed by atoms with Crippen molar-refractivity contribution in [2.24, 2.45) is 0 Å². The Kier molecular flexibility index (Phi) is 8.62. The minimum Gasteiger partial charge on any atom is -0.495 e. The lowest BCUT2D eigenvalue weighted by Gasteiger charge is -2.27. The first-order chi connectivity index (χ1) is 16.6. The Hall–Kier alpha value is -2.83. The molecule has 2 aromatic carbocycles. The van der Waals surface area contributed by atoms with E-state index in [2.05, 4.69) is 5.32 Å². The molecule has 35 heavy (non-hydrogen) atoms. The number of piperidine rings is 1. The van der Waals surface area contributed by atoms with Crippen LogP contribution in [0.25, 0.3) is 0 Å². The van der Waals surface area contributed by atoms with Crippen LogP contribution in [0.1, 0.15) is 26.2 Å². The smallest absolute Gasteiger partial charge is 0.246 e. The topological polar surface area (TPSA) is 122 Å². The summed E-state index contributed by atoms with van der Waals surface area (Å²) in [7, 11) is -6.29. The monoisotopic (exact) mass is 525 g/mol. The molecule has 1 saturated heterocycles. The van der Waals surface area contributed by atoms with Gasteiger partial charge in [-0.15, -0.1) is 0 Å². The number of carbonyl (C=O) groups is 1. The van der Waals surface area contributed by atoms with Crippen molar-refractivity contribution in [1.82, 2.24) is 4.31 Å². The van der Waals surface area contributed by atoms with Crippen molar-refractivity contribution in [3.63, 3.8) is 0 Å². The largest absolute Gasteiger partial charge is 0.495 e. The van der Waals surface area contributed by atoms with E-state index in [-0.39, 0.29) is 22.0 Å². The Balaban J connectivity index is 1.87. The highest BCUT2D eigenvalue weighted by Crippen LogP contribution is 2.32. The van der Waals surface area contributed by atoms with Crippen molar-refractivity contribution in [2.45, 2.75) is 31.1 Å². The second-order valence-corrected chi connectivity index (χ2v) is 11.9. The van der Waals surface area contributed by atoms with E-state index in [1.807, 2.05) is 0 Å². The van der Waals surface area contributed by atoms with E-state index < -0.39 is 32.5 Å². The van der Waals surface area contributed by atoms with Crippen molar-refractivity contribution in [1.29, 1.82) is 0 Å². The third-order valence-electron chi connectivity index (χ3n) is 5.50. The first kappa shape index (κ1) is 26.8. The second kappa shape index (κ2) is 11.3. The standard InChI is InChI=1S/C23H31N3O7S2/c1-4-33-20-11-7-6-10-19(20)26(34(3,28)29)17-23(27)24-18-12-13-21(32-2)22(16-18)35(30,31)25-14-8-5-9-15-25/h6-7,10-13,16H,4-5,8-9,14-15,17H2,1-3H3,(H,24,27). The fourth-order valence-corrected chi connectivity index (χ4v) is 6.41. The number of para-hydroxylation sites is 2. The number of methoxy groups -OCH3 is 1. The van der Waals surface area contributed by atoms with Crippen molar-refractivity contribution in [3.8, 4) is 11.5 Å². The van der Waals surface area contributed by atoms with Crippen molar-refractivity contribution in [2.75, 3.05) is 49.2 Å². The van der Waals surface area contributed by atoms with Gasteiger partial charge in [-0.1, -0.05) is 18.6 Å². The number of hydrogen-bond donors (Lipinski definition) is 1.